The highest BCUT2D eigenvalue weighted by molar-refractivity contribution is 7.88. The molecule has 5 nitrogen and oxygen atoms in total. The second-order valence-electron chi connectivity index (χ2n) is 6.27. The average Bonchev–Trinajstić information content (AvgIpc) is 2.83. The number of nitrogens with zero attached hydrogens (tertiary/aromatic N) is 1. The first-order chi connectivity index (χ1) is 10.5. The Morgan fingerprint density at radius 1 is 1.32 bits per heavy atom. The van der Waals surface area contributed by atoms with Crippen LogP contribution >= 0.6 is 0 Å². The third-order valence-corrected chi connectivity index (χ3v) is 5.26. The summed E-state index contributed by atoms with van der Waals surface area (Å²) in [5.41, 5.74) is 1.32. The second-order valence-corrected chi connectivity index (χ2v) is 8.05. The number of nitrogens with one attached hydrogen (secondary N) is 1. The quantitative estimate of drug-likeness (QED) is 0.878. The first-order valence-electron chi connectivity index (χ1n) is 7.90. The lowest BCUT2D eigenvalue weighted by molar-refractivity contribution is -0.0179. The van der Waals surface area contributed by atoms with Crippen LogP contribution in [-0.2, 0) is 21.2 Å². The van der Waals surface area contributed by atoms with E-state index in [0.29, 0.717) is 6.04 Å². The Hall–Kier alpha value is -0.950. The van der Waals surface area contributed by atoms with Crippen molar-refractivity contribution in [3.63, 3.8) is 0 Å². The van der Waals surface area contributed by atoms with Crippen LogP contribution in [0.15, 0.2) is 30.3 Å². The van der Waals surface area contributed by atoms with Crippen LogP contribution in [0.5, 0.6) is 0 Å². The molecular weight excluding hydrogens is 300 g/mol. The van der Waals surface area contributed by atoms with Gasteiger partial charge in [-0.2, -0.15) is 0 Å². The summed E-state index contributed by atoms with van der Waals surface area (Å²) in [6.07, 6.45) is 4.32. The Bertz CT molecular complexity index is 591. The van der Waals surface area contributed by atoms with Crippen LogP contribution in [0.1, 0.15) is 18.4 Å². The minimum Gasteiger partial charge on any atom is -0.375 e. The molecule has 1 N–H and O–H groups in total. The summed E-state index contributed by atoms with van der Waals surface area (Å²) in [4.78, 5) is 2.39. The van der Waals surface area contributed by atoms with Gasteiger partial charge in [0.1, 0.15) is 0 Å². The Labute approximate surface area is 132 Å². The molecule has 0 radical (unpaired) electrons. The van der Waals surface area contributed by atoms with Crippen molar-refractivity contribution in [1.29, 1.82) is 0 Å². The highest BCUT2D eigenvalue weighted by atomic mass is 32.2. The Morgan fingerprint density at radius 3 is 2.82 bits per heavy atom. The molecule has 0 saturated carbocycles. The number of ether oxygens (including phenoxy) is 1. The fourth-order valence-electron chi connectivity index (χ4n) is 3.61. The van der Waals surface area contributed by atoms with Gasteiger partial charge >= 0.3 is 0 Å². The van der Waals surface area contributed by atoms with Gasteiger partial charge in [-0.25, -0.2) is 13.1 Å². The van der Waals surface area contributed by atoms with Crippen molar-refractivity contribution >= 4 is 10.0 Å². The Balaban J connectivity index is 1.66. The maximum atomic E-state index is 11.6. The summed E-state index contributed by atoms with van der Waals surface area (Å²) >= 11 is 0. The first-order valence-corrected chi connectivity index (χ1v) is 9.79. The van der Waals surface area contributed by atoms with Crippen molar-refractivity contribution in [2.24, 2.45) is 0 Å². The minimum atomic E-state index is -3.21. The molecule has 2 aliphatic heterocycles. The predicted octanol–water partition coefficient (Wildman–Crippen LogP) is 1.01. The summed E-state index contributed by atoms with van der Waals surface area (Å²) in [5, 5.41) is 0. The van der Waals surface area contributed by atoms with E-state index in [1.807, 2.05) is 6.07 Å². The number of likely N-dealkylation sites (tertiary alicyclic amines) is 1. The van der Waals surface area contributed by atoms with Crippen LogP contribution in [0.3, 0.4) is 0 Å². The molecule has 2 heterocycles. The van der Waals surface area contributed by atoms with Crippen molar-refractivity contribution < 1.29 is 13.2 Å². The molecule has 0 aliphatic carbocycles. The number of hydrogen-bond donors (Lipinski definition) is 1. The van der Waals surface area contributed by atoms with Crippen molar-refractivity contribution in [2.45, 2.75) is 37.5 Å². The van der Waals surface area contributed by atoms with Crippen LogP contribution in [0.25, 0.3) is 0 Å². The average molecular weight is 324 g/mol. The largest absolute Gasteiger partial charge is 0.375 e. The predicted molar refractivity (Wildman–Crippen MR) is 86.2 cm³/mol. The third-order valence-electron chi connectivity index (χ3n) is 4.53. The molecule has 0 spiro atoms. The molecule has 22 heavy (non-hydrogen) atoms. The number of rotatable bonds is 5. The molecule has 0 amide bonds. The normalized spacial score (nSPS) is 29.4. The third kappa shape index (κ3) is 3.87. The Kier molecular flexibility index (Phi) is 4.82. The van der Waals surface area contributed by atoms with E-state index in [-0.39, 0.29) is 12.1 Å². The van der Waals surface area contributed by atoms with Crippen molar-refractivity contribution in [2.75, 3.05) is 26.0 Å². The highest BCUT2D eigenvalue weighted by Gasteiger charge is 2.44. The van der Waals surface area contributed by atoms with E-state index in [4.69, 9.17) is 4.74 Å². The summed E-state index contributed by atoms with van der Waals surface area (Å²) in [6.45, 7) is 2.40. The van der Waals surface area contributed by atoms with Crippen LogP contribution in [-0.4, -0.2) is 57.5 Å². The molecule has 2 aliphatic rings. The number of benzene rings is 1. The van der Waals surface area contributed by atoms with E-state index >= 15 is 0 Å². The second kappa shape index (κ2) is 6.66. The number of sulfonamides is 1. The lowest BCUT2D eigenvalue weighted by atomic mass is 10.0. The van der Waals surface area contributed by atoms with Crippen molar-refractivity contribution in [1.82, 2.24) is 9.62 Å². The van der Waals surface area contributed by atoms with Crippen molar-refractivity contribution in [3.05, 3.63) is 35.9 Å². The van der Waals surface area contributed by atoms with Crippen LogP contribution in [0.4, 0.5) is 0 Å². The molecular formula is C16H24N2O3S. The fourth-order valence-corrected chi connectivity index (χ4v) is 4.37. The summed E-state index contributed by atoms with van der Waals surface area (Å²) in [5.74, 6) is 0. The first kappa shape index (κ1) is 15.9. The van der Waals surface area contributed by atoms with E-state index in [0.717, 1.165) is 39.0 Å². The number of hydrogen-bond acceptors (Lipinski definition) is 4. The van der Waals surface area contributed by atoms with Gasteiger partial charge in [-0.1, -0.05) is 30.3 Å². The zero-order chi connectivity index (χ0) is 15.6. The van der Waals surface area contributed by atoms with E-state index in [2.05, 4.69) is 33.9 Å². The molecule has 122 valence electrons. The van der Waals surface area contributed by atoms with Gasteiger partial charge in [0.05, 0.1) is 18.4 Å². The Morgan fingerprint density at radius 2 is 2.09 bits per heavy atom. The van der Waals surface area contributed by atoms with Gasteiger partial charge in [0, 0.05) is 25.7 Å². The monoisotopic (exact) mass is 324 g/mol. The fraction of sp³-hybridized carbons (Fsp3) is 0.625. The SMILES string of the molecule is CS(=O)(=O)N[C@@H]1CN(CCc2ccccc2)[C@@H]2CCCO[C@@H]21. The maximum absolute atomic E-state index is 11.6. The van der Waals surface area contributed by atoms with Gasteiger partial charge in [-0.05, 0) is 24.8 Å². The molecule has 1 aromatic carbocycles. The molecule has 3 atom stereocenters. The van der Waals surface area contributed by atoms with Crippen LogP contribution in [0.2, 0.25) is 0 Å². The topological polar surface area (TPSA) is 58.6 Å². The van der Waals surface area contributed by atoms with Gasteiger partial charge in [0.15, 0.2) is 0 Å². The van der Waals surface area contributed by atoms with Gasteiger partial charge in [-0.3, -0.25) is 4.90 Å². The molecule has 0 aromatic heterocycles. The smallest absolute Gasteiger partial charge is 0.209 e. The van der Waals surface area contributed by atoms with Crippen LogP contribution < -0.4 is 4.72 Å². The number of fused-ring (bicyclic) bond motifs is 1. The van der Waals surface area contributed by atoms with Crippen LogP contribution in [0, 0.1) is 0 Å². The highest BCUT2D eigenvalue weighted by Crippen LogP contribution is 2.29. The van der Waals surface area contributed by atoms with E-state index in [1.165, 1.54) is 11.8 Å². The molecule has 6 heteroatoms. The van der Waals surface area contributed by atoms with Crippen molar-refractivity contribution in [3.8, 4) is 0 Å². The van der Waals surface area contributed by atoms with Gasteiger partial charge in [-0.15, -0.1) is 0 Å². The molecule has 3 rings (SSSR count). The molecule has 0 unspecified atom stereocenters. The van der Waals surface area contributed by atoms with Gasteiger partial charge < -0.3 is 4.74 Å². The molecule has 2 saturated heterocycles. The van der Waals surface area contributed by atoms with Gasteiger partial charge in [0.2, 0.25) is 10.0 Å². The minimum absolute atomic E-state index is 0.0146. The molecule has 1 aromatic rings. The zero-order valence-electron chi connectivity index (χ0n) is 12.9. The maximum Gasteiger partial charge on any atom is 0.209 e. The lowest BCUT2D eigenvalue weighted by Gasteiger charge is -2.32. The van der Waals surface area contributed by atoms with E-state index in [9.17, 15) is 8.42 Å². The zero-order valence-corrected chi connectivity index (χ0v) is 13.8. The summed E-state index contributed by atoms with van der Waals surface area (Å²) in [7, 11) is -3.21. The lowest BCUT2D eigenvalue weighted by Crippen LogP contribution is -2.47. The van der Waals surface area contributed by atoms with Gasteiger partial charge in [0.25, 0.3) is 0 Å². The standard InChI is InChI=1S/C16H24N2O3S/c1-22(19,20)17-14-12-18(15-8-5-11-21-16(14)15)10-9-13-6-3-2-4-7-13/h2-4,6-7,14-17H,5,8-12H2,1H3/t14-,15-,16-/m1/s1. The molecule has 2 fully saturated rings. The summed E-state index contributed by atoms with van der Waals surface area (Å²) < 4.78 is 31.8. The van der Waals surface area contributed by atoms with E-state index in [1.54, 1.807) is 0 Å². The summed E-state index contributed by atoms with van der Waals surface area (Å²) in [6, 6.07) is 10.6. The van der Waals surface area contributed by atoms with E-state index < -0.39 is 10.0 Å². The molecule has 0 bridgehead atoms.